The molecular weight excluding hydrogens is 245 g/mol. The van der Waals surface area contributed by atoms with Crippen molar-refractivity contribution in [1.29, 1.82) is 0 Å². The summed E-state index contributed by atoms with van der Waals surface area (Å²) in [7, 11) is 1.58. The Morgan fingerprint density at radius 3 is 2.42 bits per heavy atom. The van der Waals surface area contributed by atoms with Crippen molar-refractivity contribution in [2.75, 3.05) is 20.3 Å². The number of hydrogen-bond acceptors (Lipinski definition) is 3. The van der Waals surface area contributed by atoms with Crippen molar-refractivity contribution in [2.24, 2.45) is 0 Å². The number of rotatable bonds is 6. The average Bonchev–Trinajstić information content (AvgIpc) is 2.37. The van der Waals surface area contributed by atoms with E-state index in [1.54, 1.807) is 13.2 Å². The molecule has 0 heterocycles. The second-order valence-corrected chi connectivity index (χ2v) is 6.12. The van der Waals surface area contributed by atoms with Gasteiger partial charge in [0.2, 0.25) is 0 Å². The molecule has 0 bridgehead atoms. The van der Waals surface area contributed by atoms with Crippen molar-refractivity contribution < 1.29 is 14.2 Å². The lowest BCUT2D eigenvalue weighted by Gasteiger charge is -2.32. The molecule has 0 saturated heterocycles. The van der Waals surface area contributed by atoms with E-state index in [1.165, 1.54) is 12.1 Å². The first-order valence-corrected chi connectivity index (χ1v) is 6.42. The van der Waals surface area contributed by atoms with Gasteiger partial charge in [-0.3, -0.25) is 0 Å². The molecule has 1 aromatic rings. The summed E-state index contributed by atoms with van der Waals surface area (Å²) in [5.74, 6) is 0.403. The first-order valence-electron chi connectivity index (χ1n) is 6.42. The molecule has 0 aliphatic rings. The number of aliphatic hydroxyl groups excluding tert-OH is 1. The molecule has 1 rings (SSSR count). The number of aliphatic hydroxyl groups is 1. The van der Waals surface area contributed by atoms with Crippen molar-refractivity contribution in [1.82, 2.24) is 5.32 Å². The monoisotopic (exact) mass is 269 g/mol. The van der Waals surface area contributed by atoms with Gasteiger partial charge in [0.05, 0.1) is 13.7 Å². The van der Waals surface area contributed by atoms with Crippen LogP contribution >= 0.6 is 0 Å². The number of methoxy groups -OCH3 is 1. The van der Waals surface area contributed by atoms with Crippen LogP contribution in [-0.2, 0) is 5.41 Å². The second-order valence-electron chi connectivity index (χ2n) is 6.12. The number of hydrogen-bond donors (Lipinski definition) is 2. The quantitative estimate of drug-likeness (QED) is 0.833. The van der Waals surface area contributed by atoms with Crippen LogP contribution in [-0.4, -0.2) is 30.9 Å². The maximum Gasteiger partial charge on any atom is 0.123 e. The molecule has 4 heteroatoms. The molecule has 0 unspecified atom stereocenters. The Hall–Kier alpha value is -1.13. The highest BCUT2D eigenvalue weighted by atomic mass is 19.1. The molecule has 0 radical (unpaired) electrons. The molecule has 1 aromatic carbocycles. The molecule has 0 fully saturated rings. The topological polar surface area (TPSA) is 41.5 Å². The van der Waals surface area contributed by atoms with E-state index >= 15 is 0 Å². The smallest absolute Gasteiger partial charge is 0.123 e. The van der Waals surface area contributed by atoms with Crippen LogP contribution in [0.1, 0.15) is 33.3 Å². The summed E-state index contributed by atoms with van der Waals surface area (Å²) in [4.78, 5) is 0. The van der Waals surface area contributed by atoms with E-state index < -0.39 is 0 Å². The van der Waals surface area contributed by atoms with E-state index in [2.05, 4.69) is 5.32 Å². The Bertz CT molecular complexity index is 430. The Morgan fingerprint density at radius 2 is 1.89 bits per heavy atom. The highest BCUT2D eigenvalue weighted by Crippen LogP contribution is 2.32. The van der Waals surface area contributed by atoms with E-state index in [0.29, 0.717) is 12.3 Å². The third kappa shape index (κ3) is 4.18. The predicted molar refractivity (Wildman–Crippen MR) is 75.1 cm³/mol. The van der Waals surface area contributed by atoms with E-state index in [0.717, 1.165) is 5.56 Å². The number of benzene rings is 1. The van der Waals surface area contributed by atoms with Crippen LogP contribution < -0.4 is 10.1 Å². The van der Waals surface area contributed by atoms with E-state index in [4.69, 9.17) is 4.74 Å². The highest BCUT2D eigenvalue weighted by Gasteiger charge is 2.27. The lowest BCUT2D eigenvalue weighted by molar-refractivity contribution is 0.181. The van der Waals surface area contributed by atoms with Gasteiger partial charge in [-0.05, 0) is 32.0 Å². The molecule has 0 atom stereocenters. The molecule has 0 saturated carbocycles. The molecule has 0 aliphatic heterocycles. The van der Waals surface area contributed by atoms with Crippen LogP contribution in [0.4, 0.5) is 4.39 Å². The molecule has 0 spiro atoms. The molecule has 3 nitrogen and oxygen atoms in total. The average molecular weight is 269 g/mol. The van der Waals surface area contributed by atoms with Gasteiger partial charge in [-0.1, -0.05) is 13.8 Å². The van der Waals surface area contributed by atoms with Gasteiger partial charge in [0.1, 0.15) is 11.6 Å². The molecule has 2 N–H and O–H groups in total. The summed E-state index contributed by atoms with van der Waals surface area (Å²) in [5, 5.41) is 12.5. The Balaban J connectivity index is 2.96. The van der Waals surface area contributed by atoms with Crippen LogP contribution in [0.5, 0.6) is 5.75 Å². The fourth-order valence-electron chi connectivity index (χ4n) is 1.82. The first-order chi connectivity index (χ1) is 8.72. The summed E-state index contributed by atoms with van der Waals surface area (Å²) in [6.45, 7) is 8.54. The molecule has 0 aromatic heterocycles. The fraction of sp³-hybridized carbons (Fsp3) is 0.600. The Morgan fingerprint density at radius 1 is 1.26 bits per heavy atom. The van der Waals surface area contributed by atoms with Crippen LogP contribution in [0.3, 0.4) is 0 Å². The fourth-order valence-corrected chi connectivity index (χ4v) is 1.82. The van der Waals surface area contributed by atoms with Gasteiger partial charge in [-0.15, -0.1) is 0 Å². The number of ether oxygens (including phenoxy) is 1. The second kappa shape index (κ2) is 5.88. The van der Waals surface area contributed by atoms with Crippen molar-refractivity contribution in [3.05, 3.63) is 29.6 Å². The zero-order chi connectivity index (χ0) is 14.7. The third-order valence-corrected chi connectivity index (χ3v) is 3.29. The van der Waals surface area contributed by atoms with Crippen molar-refractivity contribution in [3.63, 3.8) is 0 Å². The zero-order valence-corrected chi connectivity index (χ0v) is 12.4. The Labute approximate surface area is 114 Å². The number of halogens is 1. The van der Waals surface area contributed by atoms with E-state index in [9.17, 15) is 9.50 Å². The molecule has 0 aliphatic carbocycles. The lowest BCUT2D eigenvalue weighted by atomic mass is 9.83. The predicted octanol–water partition coefficient (Wildman–Crippen LogP) is 2.47. The van der Waals surface area contributed by atoms with E-state index in [1.807, 2.05) is 27.7 Å². The van der Waals surface area contributed by atoms with Gasteiger partial charge < -0.3 is 15.2 Å². The van der Waals surface area contributed by atoms with Crippen molar-refractivity contribution in [2.45, 2.75) is 38.6 Å². The summed E-state index contributed by atoms with van der Waals surface area (Å²) in [5.41, 5.74) is 0.147. The summed E-state index contributed by atoms with van der Waals surface area (Å²) in [6.07, 6.45) is 0. The highest BCUT2D eigenvalue weighted by molar-refractivity contribution is 5.39. The van der Waals surface area contributed by atoms with Gasteiger partial charge in [0, 0.05) is 23.1 Å². The minimum absolute atomic E-state index is 0.0450. The van der Waals surface area contributed by atoms with Crippen molar-refractivity contribution in [3.8, 4) is 5.75 Å². The maximum absolute atomic E-state index is 13.4. The molecular formula is C15H24FNO2. The van der Waals surface area contributed by atoms with E-state index in [-0.39, 0.29) is 23.4 Å². The standard InChI is InChI=1S/C15H24FNO2/c1-14(2,9-17-15(3,4)10-18)12-8-11(16)6-7-13(12)19-5/h6-8,17-18H,9-10H2,1-5H3. The van der Waals surface area contributed by atoms with Gasteiger partial charge in [0.15, 0.2) is 0 Å². The van der Waals surface area contributed by atoms with Crippen LogP contribution in [0.2, 0.25) is 0 Å². The summed E-state index contributed by atoms with van der Waals surface area (Å²) < 4.78 is 18.7. The zero-order valence-electron chi connectivity index (χ0n) is 12.4. The van der Waals surface area contributed by atoms with Crippen LogP contribution in [0, 0.1) is 5.82 Å². The number of nitrogens with one attached hydrogen (secondary N) is 1. The Kier molecular flexibility index (Phi) is 4.93. The molecule has 19 heavy (non-hydrogen) atoms. The lowest BCUT2D eigenvalue weighted by Crippen LogP contribution is -2.48. The normalized spacial score (nSPS) is 12.6. The summed E-state index contributed by atoms with van der Waals surface area (Å²) >= 11 is 0. The van der Waals surface area contributed by atoms with Crippen molar-refractivity contribution >= 4 is 0 Å². The van der Waals surface area contributed by atoms with Crippen LogP contribution in [0.15, 0.2) is 18.2 Å². The minimum Gasteiger partial charge on any atom is -0.496 e. The van der Waals surface area contributed by atoms with Gasteiger partial charge in [-0.2, -0.15) is 0 Å². The summed E-state index contributed by atoms with van der Waals surface area (Å²) in [6, 6.07) is 4.54. The largest absolute Gasteiger partial charge is 0.496 e. The first kappa shape index (κ1) is 15.9. The molecule has 0 amide bonds. The maximum atomic E-state index is 13.4. The van der Waals surface area contributed by atoms with Gasteiger partial charge in [0.25, 0.3) is 0 Å². The SMILES string of the molecule is COc1ccc(F)cc1C(C)(C)CNC(C)(C)CO. The van der Waals surface area contributed by atoms with Gasteiger partial charge in [-0.25, -0.2) is 4.39 Å². The third-order valence-electron chi connectivity index (χ3n) is 3.29. The minimum atomic E-state index is -0.363. The molecule has 108 valence electrons. The van der Waals surface area contributed by atoms with Gasteiger partial charge >= 0.3 is 0 Å². The van der Waals surface area contributed by atoms with Crippen LogP contribution in [0.25, 0.3) is 0 Å².